The van der Waals surface area contributed by atoms with Crippen LogP contribution >= 0.6 is 11.3 Å². The van der Waals surface area contributed by atoms with Gasteiger partial charge in [-0.3, -0.25) is 4.98 Å². The molecule has 0 amide bonds. The second-order valence-electron chi connectivity index (χ2n) is 8.85. The van der Waals surface area contributed by atoms with Gasteiger partial charge in [0.2, 0.25) is 0 Å². The van der Waals surface area contributed by atoms with Crippen molar-refractivity contribution in [3.8, 4) is 17.3 Å². The van der Waals surface area contributed by atoms with Crippen molar-refractivity contribution >= 4 is 43.4 Å². The molecular weight excluding hydrogens is 441 g/mol. The van der Waals surface area contributed by atoms with Crippen LogP contribution in [0.15, 0.2) is 12.3 Å². The molecule has 2 atom stereocenters. The highest BCUT2D eigenvalue weighted by molar-refractivity contribution is 7.22. The molecule has 3 N–H and O–H groups in total. The van der Waals surface area contributed by atoms with Crippen LogP contribution in [-0.2, 0) is 0 Å². The van der Waals surface area contributed by atoms with Crippen molar-refractivity contribution in [3.63, 3.8) is 0 Å². The highest BCUT2D eigenvalue weighted by atomic mass is 32.1. The number of nitrogens with one attached hydrogen (secondary N) is 1. The number of rotatable bonds is 3. The van der Waals surface area contributed by atoms with Crippen LogP contribution in [0.2, 0.25) is 0 Å². The van der Waals surface area contributed by atoms with Gasteiger partial charge in [-0.05, 0) is 43.9 Å². The van der Waals surface area contributed by atoms with E-state index in [1.165, 1.54) is 18.4 Å². The van der Waals surface area contributed by atoms with Crippen LogP contribution in [0, 0.1) is 19.7 Å². The van der Waals surface area contributed by atoms with Crippen molar-refractivity contribution in [2.45, 2.75) is 38.8 Å². The fourth-order valence-corrected chi connectivity index (χ4v) is 5.94. The minimum absolute atomic E-state index is 0.142. The number of halogens is 1. The van der Waals surface area contributed by atoms with Gasteiger partial charge in [0, 0.05) is 36.9 Å². The molecule has 10 heteroatoms. The Hall–Kier alpha value is -3.11. The fraction of sp³-hybridized carbons (Fsp3) is 0.391. The van der Waals surface area contributed by atoms with Crippen LogP contribution in [0.5, 0.6) is 6.01 Å². The number of piperazine rings is 1. The van der Waals surface area contributed by atoms with Crippen molar-refractivity contribution in [2.75, 3.05) is 30.8 Å². The maximum absolute atomic E-state index is 16.1. The summed E-state index contributed by atoms with van der Waals surface area (Å²) in [4.78, 5) is 20.3. The molecule has 33 heavy (non-hydrogen) atoms. The van der Waals surface area contributed by atoms with Crippen LogP contribution in [-0.4, -0.2) is 52.2 Å². The van der Waals surface area contributed by atoms with E-state index in [-0.39, 0.29) is 17.2 Å². The molecule has 2 fully saturated rings. The summed E-state index contributed by atoms with van der Waals surface area (Å²) in [6, 6.07) is 3.00. The van der Waals surface area contributed by atoms with E-state index < -0.39 is 5.82 Å². The van der Waals surface area contributed by atoms with Crippen molar-refractivity contribution in [1.82, 2.24) is 25.3 Å². The van der Waals surface area contributed by atoms with Crippen LogP contribution in [0.25, 0.3) is 32.4 Å². The van der Waals surface area contributed by atoms with Crippen molar-refractivity contribution in [2.24, 2.45) is 0 Å². The number of pyridine rings is 1. The number of nitrogens with two attached hydrogens (primary N) is 1. The largest absolute Gasteiger partial charge is 0.467 e. The first-order valence-electron chi connectivity index (χ1n) is 11.0. The van der Waals surface area contributed by atoms with Crippen molar-refractivity contribution in [1.29, 1.82) is 0 Å². The zero-order chi connectivity index (χ0) is 22.9. The van der Waals surface area contributed by atoms with E-state index in [0.717, 1.165) is 41.8 Å². The number of nitrogen functional groups attached to an aromatic ring is 1. The Morgan fingerprint density at radius 2 is 1.91 bits per heavy atom. The number of hydrogen-bond donors (Lipinski definition) is 2. The highest BCUT2D eigenvalue weighted by Gasteiger charge is 2.34. The van der Waals surface area contributed by atoms with Gasteiger partial charge < -0.3 is 20.7 Å². The summed E-state index contributed by atoms with van der Waals surface area (Å²) in [5.41, 5.74) is 9.64. The molecule has 2 unspecified atom stereocenters. The Bertz CT molecular complexity index is 1410. The van der Waals surface area contributed by atoms with E-state index in [4.69, 9.17) is 10.5 Å². The Labute approximate surface area is 194 Å². The molecule has 0 saturated carbocycles. The zero-order valence-electron chi connectivity index (χ0n) is 18.6. The van der Waals surface area contributed by atoms with E-state index >= 15 is 4.39 Å². The first kappa shape index (κ1) is 20.5. The third-order valence-electron chi connectivity index (χ3n) is 6.80. The van der Waals surface area contributed by atoms with E-state index in [1.54, 1.807) is 6.20 Å². The van der Waals surface area contributed by atoms with Crippen LogP contribution in [0.4, 0.5) is 15.3 Å². The summed E-state index contributed by atoms with van der Waals surface area (Å²) >= 11 is 1.39. The Kier molecular flexibility index (Phi) is 4.63. The Balaban J connectivity index is 1.58. The minimum Gasteiger partial charge on any atom is -0.467 e. The first-order valence-corrected chi connectivity index (χ1v) is 11.8. The number of thiazole rings is 1. The number of fused-ring (bicyclic) bond motifs is 4. The average Bonchev–Trinajstić information content (AvgIpc) is 3.34. The number of aryl methyl sites for hydroxylation is 1. The molecular formula is C23H24FN7OS. The van der Waals surface area contributed by atoms with Crippen molar-refractivity contribution < 1.29 is 9.13 Å². The normalized spacial score (nSPS) is 20.2. The fourth-order valence-electron chi connectivity index (χ4n) is 5.09. The van der Waals surface area contributed by atoms with E-state index in [1.807, 2.05) is 19.9 Å². The lowest BCUT2D eigenvalue weighted by molar-refractivity contribution is 0.380. The minimum atomic E-state index is -0.505. The number of hydrogen-bond acceptors (Lipinski definition) is 9. The number of aromatic nitrogens is 4. The molecule has 170 valence electrons. The third kappa shape index (κ3) is 3.19. The van der Waals surface area contributed by atoms with E-state index in [9.17, 15) is 0 Å². The topological polar surface area (TPSA) is 102 Å². The lowest BCUT2D eigenvalue weighted by Gasteiger charge is -2.34. The molecule has 2 bridgehead atoms. The van der Waals surface area contributed by atoms with Crippen LogP contribution in [0.3, 0.4) is 0 Å². The summed E-state index contributed by atoms with van der Waals surface area (Å²) in [6.45, 7) is 5.57. The first-order chi connectivity index (χ1) is 15.9. The summed E-state index contributed by atoms with van der Waals surface area (Å²) in [5.74, 6) is 0.159. The maximum Gasteiger partial charge on any atom is 0.318 e. The molecule has 0 radical (unpaired) electrons. The molecule has 8 nitrogen and oxygen atoms in total. The molecule has 3 aromatic heterocycles. The molecule has 2 saturated heterocycles. The monoisotopic (exact) mass is 465 g/mol. The molecule has 4 aromatic rings. The Morgan fingerprint density at radius 1 is 1.15 bits per heavy atom. The molecule has 0 spiro atoms. The van der Waals surface area contributed by atoms with Gasteiger partial charge in [-0.25, -0.2) is 9.37 Å². The average molecular weight is 466 g/mol. The molecule has 5 heterocycles. The summed E-state index contributed by atoms with van der Waals surface area (Å²) in [6.07, 6.45) is 3.95. The smallest absolute Gasteiger partial charge is 0.318 e. The van der Waals surface area contributed by atoms with Crippen molar-refractivity contribution in [3.05, 3.63) is 29.2 Å². The standard InChI is InChI=1S/C23H24FN7OS/c1-10-6-15-19(28-22(25)33-15)16(11(10)2)20-17(24)18-14(7-26-20)21(30-23(29-18)32-3)31-8-12-4-5-13(9-31)27-12/h6-7,12-13,27H,4-5,8-9H2,1-3H3,(H2,25,28). The lowest BCUT2D eigenvalue weighted by atomic mass is 9.98. The van der Waals surface area contributed by atoms with Gasteiger partial charge in [0.1, 0.15) is 17.0 Å². The summed E-state index contributed by atoms with van der Waals surface area (Å²) in [7, 11) is 1.50. The summed E-state index contributed by atoms with van der Waals surface area (Å²) < 4.78 is 22.4. The third-order valence-corrected chi connectivity index (χ3v) is 7.63. The SMILES string of the molecule is COc1nc(N2CC3CCC(C2)N3)c2cnc(-c3c(C)c(C)cc4sc(N)nc34)c(F)c2n1. The van der Waals surface area contributed by atoms with Gasteiger partial charge in [-0.15, -0.1) is 0 Å². The Morgan fingerprint density at radius 3 is 2.64 bits per heavy atom. The number of anilines is 2. The van der Waals surface area contributed by atoms with E-state index in [2.05, 4.69) is 30.2 Å². The molecule has 2 aliphatic heterocycles. The second kappa shape index (κ2) is 7.46. The number of methoxy groups -OCH3 is 1. The molecule has 2 aliphatic rings. The number of ether oxygens (including phenoxy) is 1. The van der Waals surface area contributed by atoms with E-state index in [0.29, 0.717) is 39.5 Å². The summed E-state index contributed by atoms with van der Waals surface area (Å²) in [5, 5.41) is 4.64. The van der Waals surface area contributed by atoms with Gasteiger partial charge in [-0.1, -0.05) is 11.3 Å². The maximum atomic E-state index is 16.1. The molecule has 6 rings (SSSR count). The van der Waals surface area contributed by atoms with Gasteiger partial charge in [-0.2, -0.15) is 9.97 Å². The highest BCUT2D eigenvalue weighted by Crippen LogP contribution is 2.40. The second-order valence-corrected chi connectivity index (χ2v) is 9.91. The molecule has 0 aliphatic carbocycles. The van der Waals surface area contributed by atoms with Gasteiger partial charge in [0.15, 0.2) is 10.9 Å². The lowest BCUT2D eigenvalue weighted by Crippen LogP contribution is -2.51. The quantitative estimate of drug-likeness (QED) is 0.473. The molecule has 1 aromatic carbocycles. The number of nitrogens with zero attached hydrogens (tertiary/aromatic N) is 5. The van der Waals surface area contributed by atoms with Gasteiger partial charge in [0.05, 0.1) is 22.7 Å². The van der Waals surface area contributed by atoms with Crippen LogP contribution in [0.1, 0.15) is 24.0 Å². The van der Waals surface area contributed by atoms with Crippen LogP contribution < -0.4 is 20.7 Å². The predicted octanol–water partition coefficient (Wildman–Crippen LogP) is 3.59. The van der Waals surface area contributed by atoms with Gasteiger partial charge >= 0.3 is 6.01 Å². The van der Waals surface area contributed by atoms with Gasteiger partial charge in [0.25, 0.3) is 0 Å². The number of benzene rings is 1. The zero-order valence-corrected chi connectivity index (χ0v) is 19.5. The predicted molar refractivity (Wildman–Crippen MR) is 129 cm³/mol.